The number of hydrogen-bond acceptors (Lipinski definition) is 2. The lowest BCUT2D eigenvalue weighted by molar-refractivity contribution is 0.0892. The van der Waals surface area contributed by atoms with Gasteiger partial charge in [0.1, 0.15) is 5.76 Å². The van der Waals surface area contributed by atoms with Gasteiger partial charge in [-0.15, -0.1) is 0 Å². The van der Waals surface area contributed by atoms with E-state index in [1.165, 1.54) is 6.26 Å². The number of aryl methyl sites for hydroxylation is 1. The monoisotopic (exact) mass is 187 g/mol. The van der Waals surface area contributed by atoms with Gasteiger partial charge in [0.25, 0.3) is 5.92 Å². The summed E-state index contributed by atoms with van der Waals surface area (Å²) in [4.78, 5) is 0. The summed E-state index contributed by atoms with van der Waals surface area (Å²) in [6.45, 7) is 1.65. The summed E-state index contributed by atoms with van der Waals surface area (Å²) < 4.78 is 31.1. The molecule has 1 unspecified atom stereocenters. The molecular formula is C9H11F2NO. The normalized spacial score (nSPS) is 30.5. The molecule has 1 fully saturated rings. The minimum absolute atomic E-state index is 0.0274. The number of alkyl halides is 2. The molecule has 1 atom stereocenters. The maximum Gasteiger partial charge on any atom is 0.260 e. The smallest absolute Gasteiger partial charge is 0.260 e. The van der Waals surface area contributed by atoms with Crippen LogP contribution in [0.3, 0.4) is 0 Å². The lowest BCUT2D eigenvalue weighted by Gasteiger charge is -2.12. The zero-order valence-corrected chi connectivity index (χ0v) is 7.31. The van der Waals surface area contributed by atoms with Gasteiger partial charge in [-0.25, -0.2) is 8.78 Å². The Kier molecular flexibility index (Phi) is 1.55. The highest BCUT2D eigenvalue weighted by molar-refractivity contribution is 5.39. The minimum atomic E-state index is -2.66. The van der Waals surface area contributed by atoms with Crippen molar-refractivity contribution >= 4 is 0 Å². The first-order valence-corrected chi connectivity index (χ1v) is 4.16. The zero-order valence-electron chi connectivity index (χ0n) is 7.31. The van der Waals surface area contributed by atoms with Crippen molar-refractivity contribution < 1.29 is 13.2 Å². The summed E-state index contributed by atoms with van der Waals surface area (Å²) in [6.07, 6.45) is 1.27. The van der Waals surface area contributed by atoms with E-state index in [1.54, 1.807) is 13.0 Å². The molecule has 0 aromatic carbocycles. The highest BCUT2D eigenvalue weighted by Gasteiger charge is 2.71. The fraction of sp³-hybridized carbons (Fsp3) is 0.556. The van der Waals surface area contributed by atoms with Crippen LogP contribution in [-0.2, 0) is 5.41 Å². The third-order valence-corrected chi connectivity index (χ3v) is 2.82. The van der Waals surface area contributed by atoms with Crippen molar-refractivity contribution in [1.82, 2.24) is 0 Å². The van der Waals surface area contributed by atoms with E-state index in [9.17, 15) is 8.78 Å². The Morgan fingerprint density at radius 1 is 1.62 bits per heavy atom. The molecule has 0 aliphatic heterocycles. The highest BCUT2D eigenvalue weighted by atomic mass is 19.3. The van der Waals surface area contributed by atoms with E-state index in [1.807, 2.05) is 0 Å². The van der Waals surface area contributed by atoms with E-state index >= 15 is 0 Å². The van der Waals surface area contributed by atoms with Gasteiger partial charge in [-0.1, -0.05) is 0 Å². The van der Waals surface area contributed by atoms with Gasteiger partial charge in [-0.05, 0) is 13.0 Å². The lowest BCUT2D eigenvalue weighted by Crippen LogP contribution is -2.26. The van der Waals surface area contributed by atoms with E-state index in [2.05, 4.69) is 0 Å². The number of hydrogen-bond donors (Lipinski definition) is 1. The average Bonchev–Trinajstić information content (AvgIpc) is 2.43. The molecule has 2 rings (SSSR count). The Hall–Kier alpha value is -0.900. The molecule has 2 nitrogen and oxygen atoms in total. The fourth-order valence-corrected chi connectivity index (χ4v) is 1.84. The van der Waals surface area contributed by atoms with Gasteiger partial charge in [-0.3, -0.25) is 0 Å². The predicted octanol–water partition coefficient (Wildman–Crippen LogP) is 1.82. The zero-order chi connectivity index (χ0) is 9.69. The van der Waals surface area contributed by atoms with Crippen molar-refractivity contribution in [2.45, 2.75) is 24.7 Å². The molecule has 0 saturated heterocycles. The van der Waals surface area contributed by atoms with Crippen LogP contribution in [0.2, 0.25) is 0 Å². The summed E-state index contributed by atoms with van der Waals surface area (Å²) in [6, 6.07) is 1.59. The number of halogens is 2. The molecule has 2 N–H and O–H groups in total. The molecule has 1 heterocycles. The molecular weight excluding hydrogens is 176 g/mol. The molecule has 0 radical (unpaired) electrons. The van der Waals surface area contributed by atoms with Crippen LogP contribution in [0.4, 0.5) is 8.78 Å². The van der Waals surface area contributed by atoms with Crippen LogP contribution >= 0.6 is 0 Å². The second kappa shape index (κ2) is 2.32. The molecule has 1 aromatic heterocycles. The van der Waals surface area contributed by atoms with Crippen LogP contribution in [0.25, 0.3) is 0 Å². The van der Waals surface area contributed by atoms with Gasteiger partial charge >= 0.3 is 0 Å². The quantitative estimate of drug-likeness (QED) is 0.767. The Bertz CT molecular complexity index is 334. The topological polar surface area (TPSA) is 39.2 Å². The van der Waals surface area contributed by atoms with Gasteiger partial charge in [-0.2, -0.15) is 0 Å². The first kappa shape index (κ1) is 8.69. The van der Waals surface area contributed by atoms with Gasteiger partial charge in [0.05, 0.1) is 11.7 Å². The van der Waals surface area contributed by atoms with E-state index in [4.69, 9.17) is 10.2 Å². The van der Waals surface area contributed by atoms with Crippen LogP contribution < -0.4 is 5.73 Å². The predicted molar refractivity (Wildman–Crippen MR) is 43.7 cm³/mol. The molecule has 1 aliphatic carbocycles. The van der Waals surface area contributed by atoms with Crippen molar-refractivity contribution in [2.75, 3.05) is 6.54 Å². The largest absolute Gasteiger partial charge is 0.469 e. The lowest BCUT2D eigenvalue weighted by atomic mass is 9.96. The molecule has 1 aromatic rings. The molecule has 1 aliphatic rings. The van der Waals surface area contributed by atoms with Gasteiger partial charge in [0.15, 0.2) is 0 Å². The molecule has 1 saturated carbocycles. The molecule has 0 bridgehead atoms. The summed E-state index contributed by atoms with van der Waals surface area (Å²) in [5.74, 6) is -2.11. The van der Waals surface area contributed by atoms with E-state index in [0.29, 0.717) is 11.3 Å². The molecule has 72 valence electrons. The molecule has 13 heavy (non-hydrogen) atoms. The SMILES string of the molecule is Cc1occc1C1(CN)CC1(F)F. The van der Waals surface area contributed by atoms with Crippen molar-refractivity contribution in [3.8, 4) is 0 Å². The first-order chi connectivity index (χ1) is 6.03. The number of nitrogens with two attached hydrogens (primary N) is 1. The van der Waals surface area contributed by atoms with Gasteiger partial charge in [0.2, 0.25) is 0 Å². The Balaban J connectivity index is 2.41. The Morgan fingerprint density at radius 2 is 2.23 bits per heavy atom. The number of rotatable bonds is 2. The van der Waals surface area contributed by atoms with Crippen LogP contribution in [0.15, 0.2) is 16.7 Å². The third-order valence-electron chi connectivity index (χ3n) is 2.82. The maximum absolute atomic E-state index is 13.1. The third kappa shape index (κ3) is 0.950. The minimum Gasteiger partial charge on any atom is -0.469 e. The molecule has 0 amide bonds. The van der Waals surface area contributed by atoms with Crippen molar-refractivity contribution in [2.24, 2.45) is 5.73 Å². The standard InChI is InChI=1S/C9H11F2NO/c1-6-7(2-3-13-6)8(5-12)4-9(8,10)11/h2-3H,4-5,12H2,1H3. The van der Waals surface area contributed by atoms with Crippen LogP contribution in [0.1, 0.15) is 17.7 Å². The van der Waals surface area contributed by atoms with Crippen molar-refractivity contribution in [1.29, 1.82) is 0 Å². The fourth-order valence-electron chi connectivity index (χ4n) is 1.84. The van der Waals surface area contributed by atoms with Crippen LogP contribution in [0, 0.1) is 6.92 Å². The van der Waals surface area contributed by atoms with Crippen LogP contribution in [-0.4, -0.2) is 12.5 Å². The van der Waals surface area contributed by atoms with Gasteiger partial charge in [0, 0.05) is 18.5 Å². The summed E-state index contributed by atoms with van der Waals surface area (Å²) in [5.41, 5.74) is 4.79. The molecule has 4 heteroatoms. The second-order valence-corrected chi connectivity index (χ2v) is 3.56. The van der Waals surface area contributed by atoms with Crippen molar-refractivity contribution in [3.63, 3.8) is 0 Å². The van der Waals surface area contributed by atoms with Crippen LogP contribution in [0.5, 0.6) is 0 Å². The average molecular weight is 187 g/mol. The summed E-state index contributed by atoms with van der Waals surface area (Å²) >= 11 is 0. The van der Waals surface area contributed by atoms with E-state index in [0.717, 1.165) is 0 Å². The van der Waals surface area contributed by atoms with Gasteiger partial charge < -0.3 is 10.2 Å². The molecule has 0 spiro atoms. The highest BCUT2D eigenvalue weighted by Crippen LogP contribution is 2.61. The van der Waals surface area contributed by atoms with E-state index < -0.39 is 11.3 Å². The Labute approximate surface area is 74.7 Å². The second-order valence-electron chi connectivity index (χ2n) is 3.56. The summed E-state index contributed by atoms with van der Waals surface area (Å²) in [7, 11) is 0. The van der Waals surface area contributed by atoms with Crippen molar-refractivity contribution in [3.05, 3.63) is 23.7 Å². The number of furan rings is 1. The van der Waals surface area contributed by atoms with E-state index in [-0.39, 0.29) is 13.0 Å². The Morgan fingerprint density at radius 3 is 2.54 bits per heavy atom. The maximum atomic E-state index is 13.1. The first-order valence-electron chi connectivity index (χ1n) is 4.16. The summed E-state index contributed by atoms with van der Waals surface area (Å²) in [5, 5.41) is 0.